The summed E-state index contributed by atoms with van der Waals surface area (Å²) in [5.41, 5.74) is 1.82. The minimum Gasteiger partial charge on any atom is -0.497 e. The Hall–Kier alpha value is -3.40. The molecule has 9 nitrogen and oxygen atoms in total. The van der Waals surface area contributed by atoms with E-state index in [0.717, 1.165) is 22.7 Å². The molecule has 0 aliphatic heterocycles. The molecular weight excluding hydrogens is 404 g/mol. The molecule has 0 saturated carbocycles. The first-order valence-electron chi connectivity index (χ1n) is 9.19. The van der Waals surface area contributed by atoms with Crippen molar-refractivity contribution < 1.29 is 14.3 Å². The highest BCUT2D eigenvalue weighted by Gasteiger charge is 2.12. The summed E-state index contributed by atoms with van der Waals surface area (Å²) in [4.78, 5) is 12.2. The van der Waals surface area contributed by atoms with Crippen LogP contribution in [0, 0.1) is 0 Å². The quantitative estimate of drug-likeness (QED) is 0.332. The zero-order chi connectivity index (χ0) is 21.3. The summed E-state index contributed by atoms with van der Waals surface area (Å²) in [7, 11) is 3.23. The van der Waals surface area contributed by atoms with E-state index < -0.39 is 0 Å². The Kier molecular flexibility index (Phi) is 7.39. The van der Waals surface area contributed by atoms with E-state index >= 15 is 0 Å². The third kappa shape index (κ3) is 5.57. The van der Waals surface area contributed by atoms with Gasteiger partial charge >= 0.3 is 0 Å². The predicted molar refractivity (Wildman–Crippen MR) is 116 cm³/mol. The van der Waals surface area contributed by atoms with E-state index in [0.29, 0.717) is 24.1 Å². The fraction of sp³-hybridized carbons (Fsp3) is 0.250. The maximum absolute atomic E-state index is 12.2. The van der Waals surface area contributed by atoms with Gasteiger partial charge in [0.1, 0.15) is 11.5 Å². The van der Waals surface area contributed by atoms with Crippen molar-refractivity contribution in [3.05, 3.63) is 59.9 Å². The lowest BCUT2D eigenvalue weighted by atomic mass is 10.2. The van der Waals surface area contributed by atoms with Crippen molar-refractivity contribution >= 4 is 23.4 Å². The number of carbonyl (C=O) groups is 1. The summed E-state index contributed by atoms with van der Waals surface area (Å²) in [6, 6.07) is 15.1. The van der Waals surface area contributed by atoms with Crippen LogP contribution in [0.3, 0.4) is 0 Å². The second kappa shape index (κ2) is 10.4. The summed E-state index contributed by atoms with van der Waals surface area (Å²) < 4.78 is 11.8. The monoisotopic (exact) mass is 428 g/mol. The Morgan fingerprint density at radius 3 is 2.57 bits per heavy atom. The van der Waals surface area contributed by atoms with Crippen LogP contribution in [0.1, 0.15) is 11.4 Å². The number of hydrogen-bond donors (Lipinski definition) is 3. The van der Waals surface area contributed by atoms with E-state index in [1.165, 1.54) is 16.4 Å². The molecule has 1 heterocycles. The third-order valence-corrected chi connectivity index (χ3v) is 5.22. The van der Waals surface area contributed by atoms with Gasteiger partial charge in [-0.05, 0) is 30.3 Å². The van der Waals surface area contributed by atoms with Gasteiger partial charge in [-0.15, -0.1) is 10.2 Å². The van der Waals surface area contributed by atoms with Crippen LogP contribution in [-0.2, 0) is 17.9 Å². The van der Waals surface area contributed by atoms with Gasteiger partial charge in [0, 0.05) is 17.8 Å². The first kappa shape index (κ1) is 21.3. The molecule has 3 aromatic rings. The molecule has 2 aromatic carbocycles. The Balaban J connectivity index is 1.47. The summed E-state index contributed by atoms with van der Waals surface area (Å²) in [6.45, 7) is 0.784. The molecule has 0 saturated heterocycles. The molecule has 158 valence electrons. The average molecular weight is 429 g/mol. The van der Waals surface area contributed by atoms with Crippen LogP contribution in [0.2, 0.25) is 0 Å². The maximum atomic E-state index is 12.2. The standard InChI is InChI=1S/C20H24N6O3S/c1-28-16-9-7-15(8-10-16)22-12-18-24-25-20(26(18)21)30-13-19(27)23-11-14-5-3-4-6-17(14)29-2/h3-10,22H,11-13,21H2,1-2H3,(H,23,27). The highest BCUT2D eigenvalue weighted by Crippen LogP contribution is 2.19. The molecule has 0 bridgehead atoms. The van der Waals surface area contributed by atoms with Gasteiger partial charge in [0.05, 0.1) is 26.5 Å². The zero-order valence-electron chi connectivity index (χ0n) is 16.8. The number of nitrogens with two attached hydrogens (primary N) is 1. The van der Waals surface area contributed by atoms with Gasteiger partial charge < -0.3 is 25.9 Å². The van der Waals surface area contributed by atoms with Crippen LogP contribution in [0.4, 0.5) is 5.69 Å². The largest absolute Gasteiger partial charge is 0.497 e. The molecule has 0 unspecified atom stereocenters. The van der Waals surface area contributed by atoms with Crippen LogP contribution in [0.25, 0.3) is 0 Å². The number of rotatable bonds is 10. The van der Waals surface area contributed by atoms with Gasteiger partial charge in [-0.25, -0.2) is 4.68 Å². The van der Waals surface area contributed by atoms with Crippen LogP contribution in [0.5, 0.6) is 11.5 Å². The Morgan fingerprint density at radius 2 is 1.83 bits per heavy atom. The first-order valence-corrected chi connectivity index (χ1v) is 10.2. The van der Waals surface area contributed by atoms with E-state index in [-0.39, 0.29) is 11.7 Å². The fourth-order valence-electron chi connectivity index (χ4n) is 2.64. The van der Waals surface area contributed by atoms with Crippen molar-refractivity contribution in [1.82, 2.24) is 20.2 Å². The van der Waals surface area contributed by atoms with Gasteiger partial charge in [0.25, 0.3) is 0 Å². The van der Waals surface area contributed by atoms with Gasteiger partial charge in [0.15, 0.2) is 5.82 Å². The summed E-state index contributed by atoms with van der Waals surface area (Å²) in [5.74, 6) is 8.19. The molecule has 30 heavy (non-hydrogen) atoms. The highest BCUT2D eigenvalue weighted by molar-refractivity contribution is 7.99. The Morgan fingerprint density at radius 1 is 1.07 bits per heavy atom. The second-order valence-electron chi connectivity index (χ2n) is 6.23. The first-order chi connectivity index (χ1) is 14.6. The van der Waals surface area contributed by atoms with Gasteiger partial charge in [-0.1, -0.05) is 30.0 Å². The van der Waals surface area contributed by atoms with Gasteiger partial charge in [-0.3, -0.25) is 4.79 Å². The number of benzene rings is 2. The van der Waals surface area contributed by atoms with Crippen LogP contribution in [-0.4, -0.2) is 40.8 Å². The van der Waals surface area contributed by atoms with E-state index in [2.05, 4.69) is 20.8 Å². The van der Waals surface area contributed by atoms with Crippen LogP contribution in [0.15, 0.2) is 53.7 Å². The topological polar surface area (TPSA) is 116 Å². The number of nitrogen functional groups attached to an aromatic ring is 1. The Labute approximate surface area is 178 Å². The van der Waals surface area contributed by atoms with E-state index in [4.69, 9.17) is 15.3 Å². The summed E-state index contributed by atoms with van der Waals surface area (Å²) in [5, 5.41) is 14.7. The number of amides is 1. The van der Waals surface area contributed by atoms with Crippen molar-refractivity contribution in [2.45, 2.75) is 18.2 Å². The number of thioether (sulfide) groups is 1. The number of aromatic nitrogens is 3. The van der Waals surface area contributed by atoms with Crippen molar-refractivity contribution in [2.24, 2.45) is 0 Å². The molecule has 0 fully saturated rings. The molecule has 0 aliphatic rings. The molecule has 0 atom stereocenters. The molecule has 0 spiro atoms. The minimum absolute atomic E-state index is 0.133. The summed E-state index contributed by atoms with van der Waals surface area (Å²) in [6.07, 6.45) is 0. The number of methoxy groups -OCH3 is 2. The minimum atomic E-state index is -0.133. The average Bonchev–Trinajstić information content (AvgIpc) is 3.14. The number of para-hydroxylation sites is 1. The number of ether oxygens (including phenoxy) is 2. The normalized spacial score (nSPS) is 10.5. The number of anilines is 1. The van der Waals surface area contributed by atoms with Crippen LogP contribution >= 0.6 is 11.8 Å². The lowest BCUT2D eigenvalue weighted by molar-refractivity contribution is -0.118. The number of carbonyl (C=O) groups excluding carboxylic acids is 1. The lowest BCUT2D eigenvalue weighted by Crippen LogP contribution is -2.25. The van der Waals surface area contributed by atoms with E-state index in [9.17, 15) is 4.79 Å². The molecular formula is C20H24N6O3S. The van der Waals surface area contributed by atoms with Crippen molar-refractivity contribution in [3.63, 3.8) is 0 Å². The van der Waals surface area contributed by atoms with Crippen LogP contribution < -0.4 is 25.9 Å². The Bertz CT molecular complexity index is 977. The van der Waals surface area contributed by atoms with Crippen molar-refractivity contribution in [2.75, 3.05) is 31.1 Å². The molecule has 10 heteroatoms. The molecule has 0 aliphatic carbocycles. The molecule has 0 radical (unpaired) electrons. The zero-order valence-corrected chi connectivity index (χ0v) is 17.6. The molecule has 4 N–H and O–H groups in total. The molecule has 3 rings (SSSR count). The molecule has 1 amide bonds. The highest BCUT2D eigenvalue weighted by atomic mass is 32.2. The number of nitrogens with one attached hydrogen (secondary N) is 2. The SMILES string of the molecule is COc1ccc(NCc2nnc(SCC(=O)NCc3ccccc3OC)n2N)cc1. The maximum Gasteiger partial charge on any atom is 0.230 e. The third-order valence-electron chi connectivity index (χ3n) is 4.28. The van der Waals surface area contributed by atoms with Crippen molar-refractivity contribution in [1.29, 1.82) is 0 Å². The molecule has 1 aromatic heterocycles. The van der Waals surface area contributed by atoms with E-state index in [1.807, 2.05) is 48.5 Å². The fourth-order valence-corrected chi connectivity index (χ4v) is 3.35. The lowest BCUT2D eigenvalue weighted by Gasteiger charge is -2.09. The summed E-state index contributed by atoms with van der Waals surface area (Å²) >= 11 is 1.22. The number of hydrogen-bond acceptors (Lipinski definition) is 8. The second-order valence-corrected chi connectivity index (χ2v) is 7.17. The van der Waals surface area contributed by atoms with E-state index in [1.54, 1.807) is 14.2 Å². The van der Waals surface area contributed by atoms with Gasteiger partial charge in [0.2, 0.25) is 11.1 Å². The van der Waals surface area contributed by atoms with Gasteiger partial charge in [-0.2, -0.15) is 0 Å². The predicted octanol–water partition coefficient (Wildman–Crippen LogP) is 2.03. The van der Waals surface area contributed by atoms with Crippen molar-refractivity contribution in [3.8, 4) is 11.5 Å². The smallest absolute Gasteiger partial charge is 0.230 e. The number of nitrogens with zero attached hydrogens (tertiary/aromatic N) is 3.